The smallest absolute Gasteiger partial charge is 0.410 e. The zero-order chi connectivity index (χ0) is 20.8. The van der Waals surface area contributed by atoms with Gasteiger partial charge in [-0.25, -0.2) is 4.79 Å². The Morgan fingerprint density at radius 1 is 1.03 bits per heavy atom. The number of morpholine rings is 1. The summed E-state index contributed by atoms with van der Waals surface area (Å²) in [4.78, 5) is 17.1. The van der Waals surface area contributed by atoms with Crippen LogP contribution in [0.2, 0.25) is 0 Å². The van der Waals surface area contributed by atoms with Crippen molar-refractivity contribution in [2.24, 2.45) is 0 Å². The van der Waals surface area contributed by atoms with E-state index in [0.29, 0.717) is 6.54 Å². The molecule has 2 aliphatic rings. The van der Waals surface area contributed by atoms with Crippen LogP contribution in [0.5, 0.6) is 0 Å². The largest absolute Gasteiger partial charge is 0.444 e. The highest BCUT2D eigenvalue weighted by molar-refractivity contribution is 9.10. The van der Waals surface area contributed by atoms with E-state index in [9.17, 15) is 4.79 Å². The molecule has 2 aromatic carbocycles. The SMILES string of the molecule is O=C1OC(CCc2ccccc2Br)CN1C(CCN1CCOCC1)c1ccccc1. The van der Waals surface area contributed by atoms with Gasteiger partial charge in [-0.15, -0.1) is 0 Å². The van der Waals surface area contributed by atoms with Crippen molar-refractivity contribution in [3.8, 4) is 0 Å². The summed E-state index contributed by atoms with van der Waals surface area (Å²) in [6.45, 7) is 5.10. The Morgan fingerprint density at radius 2 is 1.77 bits per heavy atom. The van der Waals surface area contributed by atoms with Crippen LogP contribution in [-0.2, 0) is 15.9 Å². The van der Waals surface area contributed by atoms with Crippen LogP contribution in [0.25, 0.3) is 0 Å². The van der Waals surface area contributed by atoms with Crippen molar-refractivity contribution in [3.63, 3.8) is 0 Å². The number of carbonyl (C=O) groups is 1. The molecule has 30 heavy (non-hydrogen) atoms. The Hall–Kier alpha value is -1.89. The van der Waals surface area contributed by atoms with Crippen molar-refractivity contribution >= 4 is 22.0 Å². The maximum Gasteiger partial charge on any atom is 0.410 e. The molecule has 0 radical (unpaired) electrons. The molecule has 2 heterocycles. The fourth-order valence-electron chi connectivity index (χ4n) is 4.27. The van der Waals surface area contributed by atoms with Crippen LogP contribution in [-0.4, -0.2) is 61.4 Å². The lowest BCUT2D eigenvalue weighted by molar-refractivity contribution is 0.0341. The summed E-state index contributed by atoms with van der Waals surface area (Å²) < 4.78 is 12.3. The highest BCUT2D eigenvalue weighted by Crippen LogP contribution is 2.31. The predicted octanol–water partition coefficient (Wildman–Crippen LogP) is 4.67. The van der Waals surface area contributed by atoms with Crippen molar-refractivity contribution in [2.75, 3.05) is 39.4 Å². The molecular formula is C24H29BrN2O3. The summed E-state index contributed by atoms with van der Waals surface area (Å²) in [5.74, 6) is 0. The van der Waals surface area contributed by atoms with Gasteiger partial charge in [0.05, 0.1) is 25.8 Å². The average molecular weight is 473 g/mol. The number of cyclic esters (lactones) is 1. The minimum absolute atomic E-state index is 0.0370. The molecule has 6 heteroatoms. The van der Waals surface area contributed by atoms with Crippen LogP contribution in [0.4, 0.5) is 4.79 Å². The molecule has 0 aromatic heterocycles. The van der Waals surface area contributed by atoms with Gasteiger partial charge in [0.25, 0.3) is 0 Å². The number of amides is 1. The molecule has 2 saturated heterocycles. The molecular weight excluding hydrogens is 444 g/mol. The second-order valence-electron chi connectivity index (χ2n) is 7.96. The number of ether oxygens (including phenoxy) is 2. The van der Waals surface area contributed by atoms with Crippen LogP contribution in [0, 0.1) is 0 Å². The first-order valence-corrected chi connectivity index (χ1v) is 11.6. The van der Waals surface area contributed by atoms with E-state index in [4.69, 9.17) is 9.47 Å². The minimum Gasteiger partial charge on any atom is -0.444 e. The summed E-state index contributed by atoms with van der Waals surface area (Å²) in [6.07, 6.45) is 2.35. The number of nitrogens with zero attached hydrogens (tertiary/aromatic N) is 2. The van der Waals surface area contributed by atoms with Gasteiger partial charge in [-0.05, 0) is 36.5 Å². The van der Waals surface area contributed by atoms with Crippen LogP contribution >= 0.6 is 15.9 Å². The van der Waals surface area contributed by atoms with Crippen LogP contribution in [0.15, 0.2) is 59.1 Å². The van der Waals surface area contributed by atoms with E-state index < -0.39 is 0 Å². The second-order valence-corrected chi connectivity index (χ2v) is 8.81. The number of halogens is 1. The number of carbonyl (C=O) groups excluding carboxylic acids is 1. The van der Waals surface area contributed by atoms with Crippen molar-refractivity contribution in [1.29, 1.82) is 0 Å². The first-order chi connectivity index (χ1) is 14.7. The third-order valence-electron chi connectivity index (χ3n) is 5.98. The third-order valence-corrected chi connectivity index (χ3v) is 6.75. The Bertz CT molecular complexity index is 826. The van der Waals surface area contributed by atoms with Gasteiger partial charge in [0, 0.05) is 24.1 Å². The van der Waals surface area contributed by atoms with E-state index in [0.717, 1.165) is 56.6 Å². The van der Waals surface area contributed by atoms with Crippen molar-refractivity contribution in [1.82, 2.24) is 9.80 Å². The molecule has 0 bridgehead atoms. The molecule has 2 aliphatic heterocycles. The van der Waals surface area contributed by atoms with E-state index in [1.807, 2.05) is 35.2 Å². The molecule has 4 rings (SSSR count). The molecule has 2 atom stereocenters. The topological polar surface area (TPSA) is 42.0 Å². The lowest BCUT2D eigenvalue weighted by Crippen LogP contribution is -2.39. The number of rotatable bonds is 8. The fourth-order valence-corrected chi connectivity index (χ4v) is 4.75. The van der Waals surface area contributed by atoms with Gasteiger partial charge < -0.3 is 9.47 Å². The normalized spacial score (nSPS) is 20.9. The number of hydrogen-bond acceptors (Lipinski definition) is 4. The van der Waals surface area contributed by atoms with Gasteiger partial charge in [-0.2, -0.15) is 0 Å². The predicted molar refractivity (Wildman–Crippen MR) is 120 cm³/mol. The zero-order valence-corrected chi connectivity index (χ0v) is 18.8. The van der Waals surface area contributed by atoms with E-state index >= 15 is 0 Å². The Morgan fingerprint density at radius 3 is 2.53 bits per heavy atom. The fraction of sp³-hybridized carbons (Fsp3) is 0.458. The van der Waals surface area contributed by atoms with E-state index in [-0.39, 0.29) is 18.2 Å². The molecule has 1 amide bonds. The maximum atomic E-state index is 12.8. The molecule has 2 aromatic rings. The first-order valence-electron chi connectivity index (χ1n) is 10.8. The van der Waals surface area contributed by atoms with Crippen LogP contribution < -0.4 is 0 Å². The zero-order valence-electron chi connectivity index (χ0n) is 17.2. The molecule has 160 valence electrons. The van der Waals surface area contributed by atoms with Gasteiger partial charge in [-0.1, -0.05) is 64.5 Å². The van der Waals surface area contributed by atoms with Crippen molar-refractivity contribution < 1.29 is 14.3 Å². The molecule has 5 nitrogen and oxygen atoms in total. The maximum absolute atomic E-state index is 12.8. The molecule has 0 N–H and O–H groups in total. The van der Waals surface area contributed by atoms with Gasteiger partial charge >= 0.3 is 6.09 Å². The molecule has 0 saturated carbocycles. The number of hydrogen-bond donors (Lipinski definition) is 0. The van der Waals surface area contributed by atoms with Crippen molar-refractivity contribution in [3.05, 3.63) is 70.2 Å². The van der Waals surface area contributed by atoms with E-state index in [2.05, 4.69) is 45.1 Å². The lowest BCUT2D eigenvalue weighted by Gasteiger charge is -2.31. The van der Waals surface area contributed by atoms with Crippen LogP contribution in [0.3, 0.4) is 0 Å². The van der Waals surface area contributed by atoms with Gasteiger partial charge in [-0.3, -0.25) is 9.80 Å². The third kappa shape index (κ3) is 5.42. The lowest BCUT2D eigenvalue weighted by atomic mass is 10.0. The van der Waals surface area contributed by atoms with E-state index in [1.165, 1.54) is 11.1 Å². The van der Waals surface area contributed by atoms with E-state index in [1.54, 1.807) is 0 Å². The standard InChI is InChI=1S/C24H29BrN2O3/c25-22-9-5-4-6-19(22)10-11-21-18-27(24(28)30-21)23(20-7-2-1-3-8-20)12-13-26-14-16-29-17-15-26/h1-9,21,23H,10-18H2. The minimum atomic E-state index is -0.192. The molecule has 0 aliphatic carbocycles. The van der Waals surface area contributed by atoms with Gasteiger partial charge in [0.2, 0.25) is 0 Å². The second kappa shape index (κ2) is 10.4. The number of benzene rings is 2. The van der Waals surface area contributed by atoms with Crippen molar-refractivity contribution in [2.45, 2.75) is 31.4 Å². The van der Waals surface area contributed by atoms with Gasteiger partial charge in [0.1, 0.15) is 6.10 Å². The van der Waals surface area contributed by atoms with Gasteiger partial charge in [0.15, 0.2) is 0 Å². The molecule has 2 fully saturated rings. The quantitative estimate of drug-likeness (QED) is 0.559. The summed E-state index contributed by atoms with van der Waals surface area (Å²) in [6, 6.07) is 18.6. The summed E-state index contributed by atoms with van der Waals surface area (Å²) >= 11 is 3.61. The highest BCUT2D eigenvalue weighted by Gasteiger charge is 2.36. The Labute approximate surface area is 187 Å². The summed E-state index contributed by atoms with van der Waals surface area (Å²) in [7, 11) is 0. The average Bonchev–Trinajstić information content (AvgIpc) is 3.15. The first kappa shape index (κ1) is 21.3. The molecule has 2 unspecified atom stereocenters. The van der Waals surface area contributed by atoms with Crippen LogP contribution in [0.1, 0.15) is 30.0 Å². The Balaban J connectivity index is 1.41. The molecule has 0 spiro atoms. The monoisotopic (exact) mass is 472 g/mol. The Kier molecular flexibility index (Phi) is 7.42. The highest BCUT2D eigenvalue weighted by atomic mass is 79.9. The summed E-state index contributed by atoms with van der Waals surface area (Å²) in [5, 5.41) is 0. The summed E-state index contributed by atoms with van der Waals surface area (Å²) in [5.41, 5.74) is 2.42. The number of aryl methyl sites for hydroxylation is 1.